The van der Waals surface area contributed by atoms with Crippen molar-refractivity contribution in [3.63, 3.8) is 0 Å². The number of nitrogens with zero attached hydrogens (tertiary/aromatic N) is 1. The maximum absolute atomic E-state index is 10.0. The van der Waals surface area contributed by atoms with Gasteiger partial charge in [-0.3, -0.25) is 0 Å². The minimum Gasteiger partial charge on any atom is -0.379 e. The van der Waals surface area contributed by atoms with E-state index in [1.54, 1.807) is 0 Å². The summed E-state index contributed by atoms with van der Waals surface area (Å²) < 4.78 is 5.62. The predicted molar refractivity (Wildman–Crippen MR) is 86.9 cm³/mol. The van der Waals surface area contributed by atoms with Gasteiger partial charge in [0.15, 0.2) is 0 Å². The molecule has 0 saturated carbocycles. The molecule has 0 N–H and O–H groups in total. The minimum absolute atomic E-state index is 0.324. The van der Waals surface area contributed by atoms with Gasteiger partial charge in [-0.25, -0.2) is 9.79 Å². The quantitative estimate of drug-likeness (QED) is 0.395. The van der Waals surface area contributed by atoms with Crippen LogP contribution in [0.3, 0.4) is 0 Å². The van der Waals surface area contributed by atoms with Gasteiger partial charge in [-0.15, -0.1) is 0 Å². The highest BCUT2D eigenvalue weighted by Gasteiger charge is 2.22. The number of isocyanates is 1. The van der Waals surface area contributed by atoms with Crippen LogP contribution in [0.5, 0.6) is 0 Å². The summed E-state index contributed by atoms with van der Waals surface area (Å²) >= 11 is 0. The number of aliphatic imine (C=N–C) groups is 1. The van der Waals surface area contributed by atoms with Crippen molar-refractivity contribution in [2.24, 2.45) is 4.99 Å². The molecule has 1 aliphatic rings. The Kier molecular flexibility index (Phi) is 4.47. The van der Waals surface area contributed by atoms with E-state index in [-0.39, 0.29) is 0 Å². The van der Waals surface area contributed by atoms with Crippen molar-refractivity contribution in [2.75, 3.05) is 19.8 Å². The van der Waals surface area contributed by atoms with Crippen LogP contribution in [0.25, 0.3) is 11.1 Å². The third kappa shape index (κ3) is 2.87. The third-order valence-electron chi connectivity index (χ3n) is 4.20. The van der Waals surface area contributed by atoms with Gasteiger partial charge in [0, 0.05) is 5.92 Å². The molecule has 0 spiro atoms. The highest BCUT2D eigenvalue weighted by atomic mass is 16.5. The van der Waals surface area contributed by atoms with Gasteiger partial charge in [-0.1, -0.05) is 49.4 Å². The van der Waals surface area contributed by atoms with Crippen molar-refractivity contribution in [3.8, 4) is 11.1 Å². The summed E-state index contributed by atoms with van der Waals surface area (Å²) in [5, 5.41) is 0. The van der Waals surface area contributed by atoms with Gasteiger partial charge in [0.1, 0.15) is 0 Å². The molecule has 0 heterocycles. The molecule has 1 aliphatic carbocycles. The van der Waals surface area contributed by atoms with E-state index in [2.05, 4.69) is 54.4 Å². The Morgan fingerprint density at radius 1 is 1.18 bits per heavy atom. The van der Waals surface area contributed by atoms with E-state index < -0.39 is 0 Å². The van der Waals surface area contributed by atoms with Crippen LogP contribution in [0.2, 0.25) is 0 Å². The lowest BCUT2D eigenvalue weighted by atomic mass is 9.93. The van der Waals surface area contributed by atoms with E-state index in [1.165, 1.54) is 33.9 Å². The van der Waals surface area contributed by atoms with Crippen molar-refractivity contribution in [3.05, 3.63) is 59.2 Å². The Balaban J connectivity index is 1.75. The number of benzene rings is 2. The molecule has 3 rings (SSSR count). The summed E-state index contributed by atoms with van der Waals surface area (Å²) in [6, 6.07) is 15.1. The highest BCUT2D eigenvalue weighted by molar-refractivity contribution is 5.78. The van der Waals surface area contributed by atoms with Gasteiger partial charge in [0.25, 0.3) is 0 Å². The maximum Gasteiger partial charge on any atom is 0.235 e. The molecule has 3 heteroatoms. The summed E-state index contributed by atoms with van der Waals surface area (Å²) in [6.45, 7) is 3.67. The minimum atomic E-state index is 0.324. The van der Waals surface area contributed by atoms with Gasteiger partial charge in [-0.2, -0.15) is 0 Å². The Bertz CT molecular complexity index is 717. The molecule has 3 nitrogen and oxygen atoms in total. The molecule has 2 aromatic rings. The second-order valence-electron chi connectivity index (χ2n) is 5.66. The number of hydrogen-bond donors (Lipinski definition) is 0. The van der Waals surface area contributed by atoms with Crippen LogP contribution in [-0.2, 0) is 16.0 Å². The normalized spacial score (nSPS) is 13.1. The van der Waals surface area contributed by atoms with E-state index in [4.69, 9.17) is 4.74 Å². The molecule has 0 amide bonds. The summed E-state index contributed by atoms with van der Waals surface area (Å²) in [5.41, 5.74) is 6.88. The van der Waals surface area contributed by atoms with Crippen LogP contribution in [0.4, 0.5) is 0 Å². The number of carbonyl (C=O) groups excluding carboxylic acids is 1. The Hall–Kier alpha value is -2.22. The lowest BCUT2D eigenvalue weighted by molar-refractivity contribution is 0.130. The first kappa shape index (κ1) is 14.7. The summed E-state index contributed by atoms with van der Waals surface area (Å²) in [5.74, 6) is 0.324. The number of ether oxygens (including phenoxy) is 1. The van der Waals surface area contributed by atoms with Crippen LogP contribution in [0.15, 0.2) is 47.5 Å². The molecule has 22 heavy (non-hydrogen) atoms. The molecule has 112 valence electrons. The van der Waals surface area contributed by atoms with E-state index in [0.717, 1.165) is 6.42 Å². The Morgan fingerprint density at radius 2 is 2.00 bits per heavy atom. The fourth-order valence-corrected chi connectivity index (χ4v) is 3.15. The fourth-order valence-electron chi connectivity index (χ4n) is 3.15. The fraction of sp³-hybridized carbons (Fsp3) is 0.316. The second-order valence-corrected chi connectivity index (χ2v) is 5.66. The average molecular weight is 293 g/mol. The average Bonchev–Trinajstić information content (AvgIpc) is 2.93. The zero-order valence-corrected chi connectivity index (χ0v) is 12.7. The summed E-state index contributed by atoms with van der Waals surface area (Å²) in [7, 11) is 0. The third-order valence-corrected chi connectivity index (χ3v) is 4.20. The van der Waals surface area contributed by atoms with Crippen LogP contribution in [-0.4, -0.2) is 25.8 Å². The summed E-state index contributed by atoms with van der Waals surface area (Å²) in [4.78, 5) is 13.5. The molecule has 0 fully saturated rings. The van der Waals surface area contributed by atoms with Gasteiger partial charge >= 0.3 is 0 Å². The molecular weight excluding hydrogens is 274 g/mol. The number of hydrogen-bond acceptors (Lipinski definition) is 3. The van der Waals surface area contributed by atoms with Gasteiger partial charge in [-0.05, 0) is 34.2 Å². The first-order valence-electron chi connectivity index (χ1n) is 7.62. The molecule has 1 unspecified atom stereocenters. The Morgan fingerprint density at radius 3 is 2.86 bits per heavy atom. The summed E-state index contributed by atoms with van der Waals surface area (Å²) in [6.07, 6.45) is 2.53. The molecule has 2 aromatic carbocycles. The van der Waals surface area contributed by atoms with Crippen molar-refractivity contribution < 1.29 is 9.53 Å². The zero-order valence-electron chi connectivity index (χ0n) is 12.7. The van der Waals surface area contributed by atoms with E-state index in [1.807, 2.05) is 0 Å². The molecule has 0 aliphatic heterocycles. The van der Waals surface area contributed by atoms with Crippen LogP contribution < -0.4 is 0 Å². The van der Waals surface area contributed by atoms with Crippen molar-refractivity contribution >= 4 is 6.08 Å². The van der Waals surface area contributed by atoms with E-state index in [9.17, 15) is 4.79 Å². The van der Waals surface area contributed by atoms with Crippen LogP contribution in [0, 0.1) is 0 Å². The lowest BCUT2D eigenvalue weighted by Gasteiger charge is -2.16. The molecule has 0 saturated heterocycles. The van der Waals surface area contributed by atoms with Crippen molar-refractivity contribution in [2.45, 2.75) is 19.3 Å². The first-order chi connectivity index (χ1) is 10.8. The standard InChI is InChI=1S/C19H19NO2/c1-14(12-22-10-9-20-13-21)16-7-4-8-18-17-6-3-2-5-15(17)11-19(16)18/h2-8,14H,9-12H2,1H3. The lowest BCUT2D eigenvalue weighted by Crippen LogP contribution is -2.09. The smallest absolute Gasteiger partial charge is 0.235 e. The Labute approximate surface area is 130 Å². The SMILES string of the molecule is CC(COCCN=C=O)c1cccc2c1Cc1ccccc1-2. The number of rotatable bonds is 6. The van der Waals surface area contributed by atoms with Gasteiger partial charge in [0.05, 0.1) is 19.8 Å². The second kappa shape index (κ2) is 6.69. The first-order valence-corrected chi connectivity index (χ1v) is 7.62. The molecule has 0 aromatic heterocycles. The topological polar surface area (TPSA) is 38.7 Å². The van der Waals surface area contributed by atoms with Gasteiger partial charge < -0.3 is 4.74 Å². The molecule has 0 radical (unpaired) electrons. The van der Waals surface area contributed by atoms with Crippen molar-refractivity contribution in [1.29, 1.82) is 0 Å². The van der Waals surface area contributed by atoms with Crippen LogP contribution >= 0.6 is 0 Å². The highest BCUT2D eigenvalue weighted by Crippen LogP contribution is 2.40. The number of fused-ring (bicyclic) bond motifs is 3. The van der Waals surface area contributed by atoms with E-state index in [0.29, 0.717) is 25.7 Å². The van der Waals surface area contributed by atoms with Gasteiger partial charge in [0.2, 0.25) is 6.08 Å². The van der Waals surface area contributed by atoms with Crippen LogP contribution in [0.1, 0.15) is 29.5 Å². The maximum atomic E-state index is 10.0. The monoisotopic (exact) mass is 293 g/mol. The van der Waals surface area contributed by atoms with E-state index >= 15 is 0 Å². The molecular formula is C19H19NO2. The zero-order chi connectivity index (χ0) is 15.4. The predicted octanol–water partition coefficient (Wildman–Crippen LogP) is 3.71. The van der Waals surface area contributed by atoms with Crippen molar-refractivity contribution in [1.82, 2.24) is 0 Å². The largest absolute Gasteiger partial charge is 0.379 e. The molecule has 1 atom stereocenters. The molecule has 0 bridgehead atoms.